The van der Waals surface area contributed by atoms with E-state index in [2.05, 4.69) is 24.3 Å². The third-order valence-electron chi connectivity index (χ3n) is 4.48. The highest BCUT2D eigenvalue weighted by atomic mass is 14.3. The Bertz CT molecular complexity index is 449. The van der Waals surface area contributed by atoms with Gasteiger partial charge < -0.3 is 0 Å². The van der Waals surface area contributed by atoms with Crippen molar-refractivity contribution in [2.75, 3.05) is 0 Å². The monoisotopic (exact) mass is 225 g/mol. The predicted molar refractivity (Wildman–Crippen MR) is 68.9 cm³/mol. The van der Waals surface area contributed by atoms with Crippen LogP contribution < -0.4 is 0 Å². The molecule has 0 aromatic heterocycles. The summed E-state index contributed by atoms with van der Waals surface area (Å²) in [5.74, 6) is 0.945. The number of rotatable bonds is 1. The van der Waals surface area contributed by atoms with Crippen molar-refractivity contribution in [1.82, 2.24) is 0 Å². The van der Waals surface area contributed by atoms with Crippen molar-refractivity contribution in [2.24, 2.45) is 0 Å². The van der Waals surface area contributed by atoms with Crippen LogP contribution in [0, 0.1) is 11.3 Å². The highest BCUT2D eigenvalue weighted by Gasteiger charge is 2.24. The molecule has 88 valence electrons. The number of aryl methyl sites for hydroxylation is 1. The van der Waals surface area contributed by atoms with E-state index in [4.69, 9.17) is 5.26 Å². The van der Waals surface area contributed by atoms with Gasteiger partial charge in [-0.25, -0.2) is 0 Å². The first-order chi connectivity index (χ1) is 8.38. The van der Waals surface area contributed by atoms with Crippen molar-refractivity contribution < 1.29 is 0 Å². The fourth-order valence-corrected chi connectivity index (χ4v) is 3.46. The zero-order valence-electron chi connectivity index (χ0n) is 10.3. The molecule has 0 saturated heterocycles. The molecule has 0 amide bonds. The van der Waals surface area contributed by atoms with Crippen LogP contribution in [0.1, 0.15) is 67.1 Å². The van der Waals surface area contributed by atoms with Gasteiger partial charge in [-0.05, 0) is 48.3 Å². The van der Waals surface area contributed by atoms with Crippen molar-refractivity contribution in [3.05, 3.63) is 34.9 Å². The highest BCUT2D eigenvalue weighted by molar-refractivity contribution is 5.42. The molecule has 1 unspecified atom stereocenters. The van der Waals surface area contributed by atoms with E-state index in [0.717, 1.165) is 18.8 Å². The first-order valence-electron chi connectivity index (χ1n) is 6.91. The van der Waals surface area contributed by atoms with Crippen molar-refractivity contribution in [2.45, 2.75) is 56.8 Å². The number of nitriles is 1. The van der Waals surface area contributed by atoms with Gasteiger partial charge >= 0.3 is 0 Å². The molecular weight excluding hydrogens is 206 g/mol. The molecule has 3 rings (SSSR count). The lowest BCUT2D eigenvalue weighted by atomic mass is 9.83. The lowest BCUT2D eigenvalue weighted by Crippen LogP contribution is -2.05. The summed E-state index contributed by atoms with van der Waals surface area (Å²) < 4.78 is 0. The molecule has 0 heterocycles. The normalized spacial score (nSPS) is 24.3. The van der Waals surface area contributed by atoms with Gasteiger partial charge in [0.1, 0.15) is 0 Å². The summed E-state index contributed by atoms with van der Waals surface area (Å²) in [6.45, 7) is 0. The minimum atomic E-state index is 0.158. The van der Waals surface area contributed by atoms with Gasteiger partial charge in [0, 0.05) is 0 Å². The number of fused-ring (bicyclic) bond motifs is 1. The van der Waals surface area contributed by atoms with Gasteiger partial charge in [-0.1, -0.05) is 37.5 Å². The van der Waals surface area contributed by atoms with E-state index in [-0.39, 0.29) is 5.92 Å². The summed E-state index contributed by atoms with van der Waals surface area (Å²) in [4.78, 5) is 0. The van der Waals surface area contributed by atoms with Gasteiger partial charge in [0.05, 0.1) is 12.0 Å². The Morgan fingerprint density at radius 3 is 2.65 bits per heavy atom. The molecule has 1 heteroatoms. The third-order valence-corrected chi connectivity index (χ3v) is 4.48. The maximum Gasteiger partial charge on any atom is 0.0718 e. The molecule has 1 fully saturated rings. The van der Waals surface area contributed by atoms with Crippen molar-refractivity contribution in [1.29, 1.82) is 5.26 Å². The van der Waals surface area contributed by atoms with E-state index in [1.807, 2.05) is 0 Å². The quantitative estimate of drug-likeness (QED) is 0.699. The van der Waals surface area contributed by atoms with Crippen molar-refractivity contribution >= 4 is 0 Å². The molecule has 0 bridgehead atoms. The molecule has 1 aromatic rings. The molecule has 2 aliphatic carbocycles. The maximum absolute atomic E-state index is 9.08. The Balaban J connectivity index is 1.87. The van der Waals surface area contributed by atoms with Crippen LogP contribution in [0.25, 0.3) is 0 Å². The van der Waals surface area contributed by atoms with Crippen molar-refractivity contribution in [3.8, 4) is 6.07 Å². The second kappa shape index (κ2) is 4.53. The first-order valence-corrected chi connectivity index (χ1v) is 6.91. The van der Waals surface area contributed by atoms with Crippen LogP contribution in [-0.2, 0) is 6.42 Å². The smallest absolute Gasteiger partial charge is 0.0718 e. The van der Waals surface area contributed by atoms with Gasteiger partial charge in [0.25, 0.3) is 0 Å². The lowest BCUT2D eigenvalue weighted by Gasteiger charge is -2.22. The largest absolute Gasteiger partial charge is 0.198 e. The molecule has 0 N–H and O–H groups in total. The molecular formula is C16H19N. The average molecular weight is 225 g/mol. The van der Waals surface area contributed by atoms with Crippen LogP contribution in [0.5, 0.6) is 0 Å². The lowest BCUT2D eigenvalue weighted by molar-refractivity contribution is 0.443. The maximum atomic E-state index is 9.08. The molecule has 17 heavy (non-hydrogen) atoms. The Hall–Kier alpha value is -1.29. The molecule has 1 saturated carbocycles. The molecule has 1 aromatic carbocycles. The third kappa shape index (κ3) is 1.97. The fraction of sp³-hybridized carbons (Fsp3) is 0.562. The minimum Gasteiger partial charge on any atom is -0.198 e. The zero-order valence-corrected chi connectivity index (χ0v) is 10.3. The van der Waals surface area contributed by atoms with Crippen LogP contribution in [0.4, 0.5) is 0 Å². The standard InChI is InChI=1S/C16H19N/c17-11-15-7-6-14-10-13(8-9-16(14)15)12-4-2-1-3-5-12/h8-10,12,15H,1-7H2. The van der Waals surface area contributed by atoms with Crippen molar-refractivity contribution in [3.63, 3.8) is 0 Å². The second-order valence-corrected chi connectivity index (χ2v) is 5.51. The number of hydrogen-bond donors (Lipinski definition) is 0. The molecule has 2 aliphatic rings. The average Bonchev–Trinajstić information content (AvgIpc) is 2.81. The van der Waals surface area contributed by atoms with Gasteiger partial charge in [0.15, 0.2) is 0 Å². The molecule has 1 nitrogen and oxygen atoms in total. The number of benzene rings is 1. The van der Waals surface area contributed by atoms with Crippen LogP contribution >= 0.6 is 0 Å². The summed E-state index contributed by atoms with van der Waals surface area (Å²) in [6, 6.07) is 9.32. The van der Waals surface area contributed by atoms with Gasteiger partial charge in [-0.3, -0.25) is 0 Å². The summed E-state index contributed by atoms with van der Waals surface area (Å²) in [6.07, 6.45) is 9.05. The second-order valence-electron chi connectivity index (χ2n) is 5.51. The summed E-state index contributed by atoms with van der Waals surface area (Å²) in [5, 5.41) is 9.08. The van der Waals surface area contributed by atoms with E-state index in [0.29, 0.717) is 0 Å². The van der Waals surface area contributed by atoms with E-state index < -0.39 is 0 Å². The van der Waals surface area contributed by atoms with Gasteiger partial charge in [0.2, 0.25) is 0 Å². The van der Waals surface area contributed by atoms with E-state index >= 15 is 0 Å². The topological polar surface area (TPSA) is 23.8 Å². The van der Waals surface area contributed by atoms with Gasteiger partial charge in [-0.15, -0.1) is 0 Å². The summed E-state index contributed by atoms with van der Waals surface area (Å²) in [5.41, 5.74) is 4.27. The van der Waals surface area contributed by atoms with Crippen LogP contribution in [0.3, 0.4) is 0 Å². The van der Waals surface area contributed by atoms with Gasteiger partial charge in [-0.2, -0.15) is 5.26 Å². The molecule has 0 radical (unpaired) electrons. The fourth-order valence-electron chi connectivity index (χ4n) is 3.46. The number of nitrogens with zero attached hydrogens (tertiary/aromatic N) is 1. The summed E-state index contributed by atoms with van der Waals surface area (Å²) >= 11 is 0. The van der Waals surface area contributed by atoms with E-state index in [9.17, 15) is 0 Å². The first kappa shape index (κ1) is 10.8. The van der Waals surface area contributed by atoms with E-state index in [1.54, 1.807) is 0 Å². The van der Waals surface area contributed by atoms with Crippen LogP contribution in [0.2, 0.25) is 0 Å². The zero-order chi connectivity index (χ0) is 11.7. The van der Waals surface area contributed by atoms with E-state index in [1.165, 1.54) is 48.8 Å². The Morgan fingerprint density at radius 2 is 1.88 bits per heavy atom. The molecule has 0 spiro atoms. The Labute approximate surface area is 103 Å². The molecule has 1 atom stereocenters. The SMILES string of the molecule is N#CC1CCc2cc(C3CCCCC3)ccc21. The minimum absolute atomic E-state index is 0.158. The Morgan fingerprint density at radius 1 is 1.06 bits per heavy atom. The predicted octanol–water partition coefficient (Wildman–Crippen LogP) is 4.29. The Kier molecular flexibility index (Phi) is 2.89. The number of hydrogen-bond acceptors (Lipinski definition) is 1. The van der Waals surface area contributed by atoms with Crippen LogP contribution in [-0.4, -0.2) is 0 Å². The summed E-state index contributed by atoms with van der Waals surface area (Å²) in [7, 11) is 0. The molecule has 0 aliphatic heterocycles. The van der Waals surface area contributed by atoms with Crippen LogP contribution in [0.15, 0.2) is 18.2 Å². The highest BCUT2D eigenvalue weighted by Crippen LogP contribution is 2.37.